The van der Waals surface area contributed by atoms with E-state index in [1.54, 1.807) is 18.2 Å². The fraction of sp³-hybridized carbons (Fsp3) is 0.350. The van der Waals surface area contributed by atoms with E-state index < -0.39 is 0 Å². The van der Waals surface area contributed by atoms with Crippen molar-refractivity contribution in [1.82, 2.24) is 4.90 Å². The molecule has 1 N–H and O–H groups in total. The lowest BCUT2D eigenvalue weighted by atomic mass is 9.92. The van der Waals surface area contributed by atoms with Crippen LogP contribution in [0.3, 0.4) is 0 Å². The molecule has 6 heteroatoms. The van der Waals surface area contributed by atoms with E-state index in [9.17, 15) is 9.90 Å². The minimum absolute atomic E-state index is 0.0249. The normalized spacial score (nSPS) is 16.8. The molecule has 0 unspecified atom stereocenters. The van der Waals surface area contributed by atoms with Gasteiger partial charge in [-0.15, -0.1) is 0 Å². The highest BCUT2D eigenvalue weighted by Crippen LogP contribution is 2.38. The molecule has 136 valence electrons. The summed E-state index contributed by atoms with van der Waals surface area (Å²) in [5.74, 6) is 1.87. The summed E-state index contributed by atoms with van der Waals surface area (Å²) in [6, 6.07) is 7.09. The number of benzene rings is 2. The molecule has 2 aromatic rings. The number of carbonyl (C=O) groups excluding carboxylic acids is 1. The molecule has 0 radical (unpaired) electrons. The first-order valence-electron chi connectivity index (χ1n) is 8.58. The zero-order valence-corrected chi connectivity index (χ0v) is 14.9. The predicted octanol–water partition coefficient (Wildman–Crippen LogP) is 2.54. The fourth-order valence-corrected chi connectivity index (χ4v) is 3.60. The van der Waals surface area contributed by atoms with Crippen molar-refractivity contribution in [3.63, 3.8) is 0 Å². The molecule has 0 aliphatic carbocycles. The fourth-order valence-electron chi connectivity index (χ4n) is 3.60. The van der Waals surface area contributed by atoms with E-state index in [0.29, 0.717) is 29.4 Å². The number of Topliss-reactive ketones (excluding diaryl/α,β-unsaturated/α-hetero) is 1. The number of phenolic OH excluding ortho intramolecular Hbond substituents is 1. The molecular weight excluding hydrogens is 334 g/mol. The Kier molecular flexibility index (Phi) is 4.20. The molecule has 2 heterocycles. The summed E-state index contributed by atoms with van der Waals surface area (Å²) in [7, 11) is 3.55. The average Bonchev–Trinajstić information content (AvgIpc) is 3.08. The van der Waals surface area contributed by atoms with Gasteiger partial charge >= 0.3 is 0 Å². The van der Waals surface area contributed by atoms with Crippen LogP contribution in [0.5, 0.6) is 23.0 Å². The molecular formula is C20H21NO5. The lowest BCUT2D eigenvalue weighted by Crippen LogP contribution is -2.24. The van der Waals surface area contributed by atoms with Gasteiger partial charge in [-0.25, -0.2) is 0 Å². The average molecular weight is 355 g/mol. The van der Waals surface area contributed by atoms with Gasteiger partial charge in [-0.1, -0.05) is 6.07 Å². The van der Waals surface area contributed by atoms with Crippen molar-refractivity contribution in [2.75, 3.05) is 27.5 Å². The number of ether oxygens (including phenoxy) is 3. The smallest absolute Gasteiger partial charge is 0.231 e. The third-order valence-electron chi connectivity index (χ3n) is 4.98. The molecule has 0 atom stereocenters. The molecule has 2 aliphatic heterocycles. The molecule has 4 rings (SSSR count). The minimum atomic E-state index is 0.0249. The van der Waals surface area contributed by atoms with Crippen molar-refractivity contribution in [2.45, 2.75) is 19.4 Å². The van der Waals surface area contributed by atoms with E-state index in [1.165, 1.54) is 7.11 Å². The molecule has 0 amide bonds. The van der Waals surface area contributed by atoms with E-state index >= 15 is 0 Å². The number of nitrogens with zero attached hydrogens (tertiary/aromatic N) is 1. The quantitative estimate of drug-likeness (QED) is 0.848. The molecule has 0 saturated carbocycles. The summed E-state index contributed by atoms with van der Waals surface area (Å²) in [5.41, 5.74) is 3.36. The Balaban J connectivity index is 1.81. The van der Waals surface area contributed by atoms with Crippen LogP contribution >= 0.6 is 0 Å². The first-order valence-corrected chi connectivity index (χ1v) is 8.58. The van der Waals surface area contributed by atoms with Crippen molar-refractivity contribution >= 4 is 5.78 Å². The number of methoxy groups -OCH3 is 1. The van der Waals surface area contributed by atoms with Crippen LogP contribution in [0.1, 0.15) is 27.0 Å². The minimum Gasteiger partial charge on any atom is -0.504 e. The summed E-state index contributed by atoms with van der Waals surface area (Å²) < 4.78 is 16.3. The maximum atomic E-state index is 13.0. The monoisotopic (exact) mass is 355 g/mol. The SMILES string of the molecule is COc1c(O)ccc2c1CN(C)CCc1cc3c(cc1C(=O)C2)OCO3. The molecule has 2 aromatic carbocycles. The Morgan fingerprint density at radius 3 is 2.69 bits per heavy atom. The third-order valence-corrected chi connectivity index (χ3v) is 4.98. The van der Waals surface area contributed by atoms with Gasteiger partial charge in [0.15, 0.2) is 28.8 Å². The number of hydrogen-bond donors (Lipinski definition) is 1. The predicted molar refractivity (Wildman–Crippen MR) is 95.3 cm³/mol. The number of hydrogen-bond acceptors (Lipinski definition) is 6. The lowest BCUT2D eigenvalue weighted by molar-refractivity contribution is 0.0990. The van der Waals surface area contributed by atoms with Crippen molar-refractivity contribution in [3.8, 4) is 23.0 Å². The van der Waals surface area contributed by atoms with Crippen LogP contribution in [0, 0.1) is 0 Å². The van der Waals surface area contributed by atoms with Gasteiger partial charge in [-0.3, -0.25) is 4.79 Å². The highest BCUT2D eigenvalue weighted by molar-refractivity contribution is 6.00. The number of carbonyl (C=O) groups is 1. The van der Waals surface area contributed by atoms with Crippen molar-refractivity contribution < 1.29 is 24.1 Å². The topological polar surface area (TPSA) is 68.2 Å². The van der Waals surface area contributed by atoms with Gasteiger partial charge in [0, 0.05) is 30.6 Å². The molecule has 2 aliphatic rings. The second kappa shape index (κ2) is 6.53. The molecule has 6 nitrogen and oxygen atoms in total. The Labute approximate surface area is 151 Å². The van der Waals surface area contributed by atoms with Crippen LogP contribution in [0.15, 0.2) is 24.3 Å². The highest BCUT2D eigenvalue weighted by Gasteiger charge is 2.24. The molecule has 0 fully saturated rings. The van der Waals surface area contributed by atoms with Crippen LogP contribution in [-0.2, 0) is 19.4 Å². The van der Waals surface area contributed by atoms with Crippen molar-refractivity contribution in [3.05, 3.63) is 46.5 Å². The number of likely N-dealkylation sites (N-methyl/N-ethyl adjacent to an activating group) is 1. The van der Waals surface area contributed by atoms with E-state index in [0.717, 1.165) is 29.7 Å². The van der Waals surface area contributed by atoms with Gasteiger partial charge in [-0.05, 0) is 42.8 Å². The van der Waals surface area contributed by atoms with Crippen LogP contribution in [0.25, 0.3) is 0 Å². The number of fused-ring (bicyclic) bond motifs is 3. The zero-order valence-electron chi connectivity index (χ0n) is 14.9. The Bertz CT molecular complexity index is 877. The first kappa shape index (κ1) is 16.7. The molecule has 0 spiro atoms. The number of ketones is 1. The second-order valence-electron chi connectivity index (χ2n) is 6.71. The summed E-state index contributed by atoms with van der Waals surface area (Å²) >= 11 is 0. The number of rotatable bonds is 1. The van der Waals surface area contributed by atoms with Gasteiger partial charge in [0.2, 0.25) is 6.79 Å². The first-order chi connectivity index (χ1) is 12.6. The van der Waals surface area contributed by atoms with Gasteiger partial charge in [0.25, 0.3) is 0 Å². The maximum Gasteiger partial charge on any atom is 0.231 e. The summed E-state index contributed by atoms with van der Waals surface area (Å²) in [4.78, 5) is 15.2. The van der Waals surface area contributed by atoms with Crippen LogP contribution in [0.2, 0.25) is 0 Å². The van der Waals surface area contributed by atoms with Crippen LogP contribution < -0.4 is 14.2 Å². The molecule has 0 aromatic heterocycles. The summed E-state index contributed by atoms with van der Waals surface area (Å²) in [6.07, 6.45) is 0.969. The maximum absolute atomic E-state index is 13.0. The van der Waals surface area contributed by atoms with E-state index in [-0.39, 0.29) is 24.7 Å². The second-order valence-corrected chi connectivity index (χ2v) is 6.71. The van der Waals surface area contributed by atoms with Gasteiger partial charge < -0.3 is 24.2 Å². The standard InChI is InChI=1S/C20H21NO5/c1-21-6-5-13-8-18-19(26-11-25-18)9-14(13)17(23)7-12-3-4-16(22)20(24-2)15(12)10-21/h3-4,8-9,22H,5-7,10-11H2,1-2H3. The molecule has 0 saturated heterocycles. The summed E-state index contributed by atoms with van der Waals surface area (Å²) in [6.45, 7) is 1.55. The van der Waals surface area contributed by atoms with Crippen molar-refractivity contribution in [1.29, 1.82) is 0 Å². The number of phenols is 1. The summed E-state index contributed by atoms with van der Waals surface area (Å²) in [5, 5.41) is 10.1. The van der Waals surface area contributed by atoms with Gasteiger partial charge in [0.05, 0.1) is 7.11 Å². The van der Waals surface area contributed by atoms with Crippen LogP contribution in [0.4, 0.5) is 0 Å². The zero-order chi connectivity index (χ0) is 18.3. The van der Waals surface area contributed by atoms with E-state index in [4.69, 9.17) is 14.2 Å². The lowest BCUT2D eigenvalue weighted by Gasteiger charge is -2.23. The number of aromatic hydroxyl groups is 1. The van der Waals surface area contributed by atoms with E-state index in [1.807, 2.05) is 13.1 Å². The highest BCUT2D eigenvalue weighted by atomic mass is 16.7. The largest absolute Gasteiger partial charge is 0.504 e. The van der Waals surface area contributed by atoms with Crippen LogP contribution in [-0.4, -0.2) is 43.3 Å². The molecule has 0 bridgehead atoms. The Hall–Kier alpha value is -2.73. The van der Waals surface area contributed by atoms with E-state index in [2.05, 4.69) is 4.90 Å². The van der Waals surface area contributed by atoms with Crippen molar-refractivity contribution in [2.24, 2.45) is 0 Å². The third kappa shape index (κ3) is 2.86. The van der Waals surface area contributed by atoms with Gasteiger partial charge in [-0.2, -0.15) is 0 Å². The Morgan fingerprint density at radius 1 is 1.15 bits per heavy atom. The Morgan fingerprint density at radius 2 is 1.92 bits per heavy atom. The van der Waals surface area contributed by atoms with Gasteiger partial charge in [0.1, 0.15) is 0 Å². The molecule has 26 heavy (non-hydrogen) atoms.